The summed E-state index contributed by atoms with van der Waals surface area (Å²) in [6.07, 6.45) is -25.3. The quantitative estimate of drug-likeness (QED) is 0.0311. The molecule has 0 saturated carbocycles. The fraction of sp³-hybridized carbons (Fsp3) is 0.477. The van der Waals surface area contributed by atoms with Crippen molar-refractivity contribution in [2.24, 2.45) is 0 Å². The lowest BCUT2D eigenvalue weighted by Crippen LogP contribution is -2.64. The van der Waals surface area contributed by atoms with Gasteiger partial charge in [-0.25, -0.2) is 4.79 Å². The fourth-order valence-electron chi connectivity index (χ4n) is 7.85. The van der Waals surface area contributed by atoms with Crippen molar-refractivity contribution in [3.63, 3.8) is 0 Å². The molecule has 4 aliphatic heterocycles. The average Bonchev–Trinajstić information content (AvgIpc) is 3.33. The molecule has 15 N–H and O–H groups in total. The van der Waals surface area contributed by atoms with E-state index >= 15 is 0 Å². The maximum Gasteiger partial charge on any atom is 0.330 e. The summed E-state index contributed by atoms with van der Waals surface area (Å²) in [6, 6.07) is 8.61. The monoisotopic (exact) mass is 981 g/mol. The molecule has 16 atom stereocenters. The molecular weight excluding hydrogens is 928 g/mol. The molecule has 3 fully saturated rings. The van der Waals surface area contributed by atoms with Crippen LogP contribution >= 0.6 is 0 Å². The maximum atomic E-state index is 13.0. The Kier molecular flexibility index (Phi) is 15.9. The highest BCUT2D eigenvalue weighted by Crippen LogP contribution is 2.48. The topological polar surface area (TPSA) is 396 Å². The lowest BCUT2D eigenvalue weighted by atomic mass is 9.97. The van der Waals surface area contributed by atoms with Crippen LogP contribution in [-0.4, -0.2) is 208 Å². The summed E-state index contributed by atoms with van der Waals surface area (Å²) in [5, 5.41) is 148. The van der Waals surface area contributed by atoms with Crippen LogP contribution < -0.4 is 14.2 Å². The molecular formula is C44H53O25+. The van der Waals surface area contributed by atoms with Gasteiger partial charge in [-0.3, -0.25) is 0 Å². The molecule has 3 aromatic rings. The van der Waals surface area contributed by atoms with Crippen LogP contribution in [0.25, 0.3) is 12.2 Å². The van der Waals surface area contributed by atoms with E-state index in [0.29, 0.717) is 5.56 Å². The maximum absolute atomic E-state index is 13.0. The second-order valence-electron chi connectivity index (χ2n) is 16.2. The van der Waals surface area contributed by atoms with Crippen LogP contribution in [0.5, 0.6) is 46.0 Å². The van der Waals surface area contributed by atoms with Crippen molar-refractivity contribution >= 4 is 18.1 Å². The van der Waals surface area contributed by atoms with Gasteiger partial charge in [-0.05, 0) is 42.0 Å². The van der Waals surface area contributed by atoms with Crippen LogP contribution in [0.3, 0.4) is 0 Å². The molecule has 4 aliphatic rings. The minimum atomic E-state index is -2.08. The first-order valence-electron chi connectivity index (χ1n) is 21.1. The van der Waals surface area contributed by atoms with Gasteiger partial charge in [-0.2, -0.15) is 0 Å². The Hall–Kier alpha value is -5.75. The number of aliphatic hydroxyl groups is 11. The highest BCUT2D eigenvalue weighted by molar-refractivity contribution is 5.87. The molecule has 3 saturated heterocycles. The Morgan fingerprint density at radius 2 is 1.25 bits per heavy atom. The van der Waals surface area contributed by atoms with Gasteiger partial charge in [-0.1, -0.05) is 0 Å². The van der Waals surface area contributed by atoms with Crippen molar-refractivity contribution in [1.82, 2.24) is 0 Å². The van der Waals surface area contributed by atoms with Crippen molar-refractivity contribution in [1.29, 1.82) is 0 Å². The standard InChI is InChI=1S/C44H52O25/c1-60-24-7-16(8-25(61-2)31(24)51)3-6-30(50)62-15-29-34(54)37(57)41(69-43-39(59)36(56)33(53)28(14-46)67-43)44(68-29)65-26-12-19-22(63-40(26)17-4-5-20(48)21(49)9-17)10-18(47)11-23(19)64-42-38(58)35(55)32(52)27(13-45)66-42/h3-12,27-29,32-49,51-59H,13-15H2,1-2H3/p+1. The van der Waals surface area contributed by atoms with E-state index in [-0.39, 0.29) is 45.6 Å². The van der Waals surface area contributed by atoms with Crippen molar-refractivity contribution in [2.45, 2.75) is 98.2 Å². The van der Waals surface area contributed by atoms with Crippen molar-refractivity contribution in [2.75, 3.05) is 34.0 Å². The molecule has 69 heavy (non-hydrogen) atoms. The van der Waals surface area contributed by atoms with Crippen LogP contribution in [0, 0.1) is 0 Å². The number of esters is 1. The summed E-state index contributed by atoms with van der Waals surface area (Å²) < 4.78 is 55.6. The molecule has 0 spiro atoms. The van der Waals surface area contributed by atoms with Gasteiger partial charge in [0.15, 0.2) is 41.2 Å². The van der Waals surface area contributed by atoms with E-state index in [9.17, 15) is 76.3 Å². The third kappa shape index (κ3) is 10.7. The van der Waals surface area contributed by atoms with Gasteiger partial charge >= 0.3 is 5.97 Å². The van der Waals surface area contributed by atoms with Gasteiger partial charge in [0.25, 0.3) is 11.9 Å². The zero-order chi connectivity index (χ0) is 50.0. The summed E-state index contributed by atoms with van der Waals surface area (Å²) in [7, 11) is 2.61. The number of rotatable bonds is 15. The number of aromatic hydroxyl groups is 5. The summed E-state index contributed by atoms with van der Waals surface area (Å²) in [4.78, 5) is 13.0. The fourth-order valence-corrected chi connectivity index (χ4v) is 7.85. The van der Waals surface area contributed by atoms with Crippen molar-refractivity contribution in [3.05, 3.63) is 71.0 Å². The number of benzene rings is 3. The van der Waals surface area contributed by atoms with Gasteiger partial charge in [0.05, 0.1) is 39.1 Å². The number of phenols is 4. The molecule has 3 aromatic carbocycles. The lowest BCUT2D eigenvalue weighted by molar-refractivity contribution is -0.364. The smallest absolute Gasteiger partial charge is 0.330 e. The molecule has 0 bridgehead atoms. The molecule has 378 valence electrons. The Labute approximate surface area is 390 Å². The van der Waals surface area contributed by atoms with Crippen molar-refractivity contribution in [3.8, 4) is 46.0 Å². The van der Waals surface area contributed by atoms with Crippen LogP contribution in [0.2, 0.25) is 0 Å². The molecule has 25 nitrogen and oxygen atoms in total. The Balaban J connectivity index is 1.24. The summed E-state index contributed by atoms with van der Waals surface area (Å²) in [5.41, 5.74) is 0.430. The number of phenolic OH excluding ortho intramolecular Hbond substituents is 4. The molecule has 16 unspecified atom stereocenters. The number of ether oxygens (including phenoxy) is 10. The number of hydrogen-bond donors (Lipinski definition) is 14. The van der Waals surface area contributed by atoms with E-state index in [4.69, 9.17) is 42.6 Å². The number of carbonyl (C=O) groups excluding carboxylic acids is 1. The first-order valence-corrected chi connectivity index (χ1v) is 21.1. The first-order chi connectivity index (χ1) is 32.9. The van der Waals surface area contributed by atoms with E-state index in [1.165, 1.54) is 50.6 Å². The molecule has 25 heteroatoms. The Morgan fingerprint density at radius 3 is 1.86 bits per heavy atom. The molecule has 0 aromatic heterocycles. The lowest BCUT2D eigenvalue weighted by Gasteiger charge is -2.46. The normalized spacial score (nSPS) is 33.4. The van der Waals surface area contributed by atoms with Crippen molar-refractivity contribution < 1.29 is 124 Å². The SMILES string of the molecule is COc1cc(C=CC(=O)OCC2OC(OC3=Cc4c(OC5OC(CO)C(O)C(O)C5O)cc(O)cc4[OH+]C3c3ccc(O)c(O)c3)C(OC3OC(CO)C(O)C(O)C3O)C(O)C2O)cc(OC)c1O. The van der Waals surface area contributed by atoms with Crippen LogP contribution in [0.15, 0.2) is 54.3 Å². The van der Waals surface area contributed by atoms with E-state index in [0.717, 1.165) is 24.3 Å². The zero-order valence-electron chi connectivity index (χ0n) is 36.4. The minimum Gasteiger partial charge on any atom is -0.571 e. The largest absolute Gasteiger partial charge is 0.571 e. The van der Waals surface area contributed by atoms with Crippen LogP contribution in [0.1, 0.15) is 22.8 Å². The number of hydrogen-bond acceptors (Lipinski definition) is 24. The van der Waals surface area contributed by atoms with Gasteiger partial charge in [0, 0.05) is 18.2 Å². The minimum absolute atomic E-state index is 0.0251. The van der Waals surface area contributed by atoms with E-state index in [1.807, 2.05) is 0 Å². The number of methoxy groups -OCH3 is 2. The summed E-state index contributed by atoms with van der Waals surface area (Å²) in [5.74, 6) is -3.38. The third-order valence-corrected chi connectivity index (χ3v) is 11.7. The predicted molar refractivity (Wildman–Crippen MR) is 226 cm³/mol. The van der Waals surface area contributed by atoms with Gasteiger partial charge in [0.2, 0.25) is 18.3 Å². The number of aliphatic hydroxyl groups excluding tert-OH is 10. The zero-order valence-corrected chi connectivity index (χ0v) is 36.4. The summed E-state index contributed by atoms with van der Waals surface area (Å²) >= 11 is 0. The third-order valence-electron chi connectivity index (χ3n) is 11.7. The Bertz CT molecular complexity index is 2310. The van der Waals surface area contributed by atoms with Crippen LogP contribution in [0.4, 0.5) is 0 Å². The van der Waals surface area contributed by atoms with E-state index < -0.39 is 141 Å². The average molecular weight is 982 g/mol. The first kappa shape index (κ1) is 51.1. The molecule has 0 amide bonds. The molecule has 0 aliphatic carbocycles. The second kappa shape index (κ2) is 21.5. The number of carbonyl (C=O) groups is 1. The van der Waals surface area contributed by atoms with E-state index in [1.54, 1.807) is 0 Å². The second-order valence-corrected chi connectivity index (χ2v) is 16.2. The predicted octanol–water partition coefficient (Wildman–Crippen LogP) is -3.05. The highest BCUT2D eigenvalue weighted by atomic mass is 16.8. The van der Waals surface area contributed by atoms with Gasteiger partial charge in [0.1, 0.15) is 90.8 Å². The summed E-state index contributed by atoms with van der Waals surface area (Å²) in [6.45, 7) is -2.44. The van der Waals surface area contributed by atoms with Crippen LogP contribution in [-0.2, 0) is 33.2 Å². The van der Waals surface area contributed by atoms with Gasteiger partial charge in [-0.15, -0.1) is 0 Å². The Morgan fingerprint density at radius 1 is 0.652 bits per heavy atom. The van der Waals surface area contributed by atoms with Gasteiger partial charge < -0.3 is 119 Å². The molecule has 0 radical (unpaired) electrons. The number of fused-ring (bicyclic) bond motifs is 1. The van der Waals surface area contributed by atoms with E-state index in [2.05, 4.69) is 4.74 Å². The highest BCUT2D eigenvalue weighted by Gasteiger charge is 2.53. The molecule has 4 heterocycles. The molecule has 7 rings (SSSR count).